The van der Waals surface area contributed by atoms with Crippen molar-refractivity contribution in [2.45, 2.75) is 31.9 Å². The number of halogens is 3. The zero-order chi connectivity index (χ0) is 18.2. The molecule has 25 heavy (non-hydrogen) atoms. The summed E-state index contributed by atoms with van der Waals surface area (Å²) in [6, 6.07) is 4.97. The lowest BCUT2D eigenvalue weighted by Crippen LogP contribution is -2.24. The highest BCUT2D eigenvalue weighted by atomic mass is 19.4. The van der Waals surface area contributed by atoms with Gasteiger partial charge in [-0.1, -0.05) is 6.92 Å². The standard InChI is InChI=1S/C17H16F3N3O2/c1-2-9-7-14(24)23-16-15(9)13(5-6-22-16)25-10-3-4-12(21)11(8-10)17(18,19)20/h3-6,8-9H,2,7,21H2,1H3,(H,22,23,24). The molecule has 1 aliphatic heterocycles. The minimum Gasteiger partial charge on any atom is -0.457 e. The fourth-order valence-electron chi connectivity index (χ4n) is 2.87. The Morgan fingerprint density at radius 1 is 1.36 bits per heavy atom. The summed E-state index contributed by atoms with van der Waals surface area (Å²) in [6.45, 7) is 1.93. The molecular formula is C17H16F3N3O2. The molecule has 3 rings (SSSR count). The number of amides is 1. The van der Waals surface area contributed by atoms with Crippen LogP contribution in [0.3, 0.4) is 0 Å². The van der Waals surface area contributed by atoms with E-state index in [9.17, 15) is 18.0 Å². The van der Waals surface area contributed by atoms with Crippen molar-refractivity contribution < 1.29 is 22.7 Å². The number of carbonyl (C=O) groups excluding carboxylic acids is 1. The molecule has 0 aliphatic carbocycles. The molecule has 8 heteroatoms. The Morgan fingerprint density at radius 2 is 2.12 bits per heavy atom. The monoisotopic (exact) mass is 351 g/mol. The zero-order valence-corrected chi connectivity index (χ0v) is 13.4. The van der Waals surface area contributed by atoms with E-state index in [0.29, 0.717) is 23.6 Å². The van der Waals surface area contributed by atoms with Crippen molar-refractivity contribution in [1.29, 1.82) is 0 Å². The van der Waals surface area contributed by atoms with Crippen molar-refractivity contribution in [2.75, 3.05) is 11.1 Å². The Balaban J connectivity index is 2.00. The summed E-state index contributed by atoms with van der Waals surface area (Å²) in [4.78, 5) is 15.9. The molecule has 1 atom stereocenters. The summed E-state index contributed by atoms with van der Waals surface area (Å²) in [5.41, 5.74) is 4.78. The molecule has 132 valence electrons. The first kappa shape index (κ1) is 17.1. The van der Waals surface area contributed by atoms with Crippen molar-refractivity contribution >= 4 is 17.4 Å². The van der Waals surface area contributed by atoms with Gasteiger partial charge in [0.05, 0.1) is 5.56 Å². The van der Waals surface area contributed by atoms with E-state index in [4.69, 9.17) is 10.5 Å². The maximum Gasteiger partial charge on any atom is 0.418 e. The van der Waals surface area contributed by atoms with Crippen LogP contribution in [0.5, 0.6) is 11.5 Å². The Hall–Kier alpha value is -2.77. The van der Waals surface area contributed by atoms with E-state index in [2.05, 4.69) is 10.3 Å². The second kappa shape index (κ2) is 6.27. The number of hydrogen-bond donors (Lipinski definition) is 2. The first-order chi connectivity index (χ1) is 11.8. The molecule has 1 amide bonds. The van der Waals surface area contributed by atoms with Crippen molar-refractivity contribution in [2.24, 2.45) is 0 Å². The molecule has 0 radical (unpaired) electrons. The predicted octanol–water partition coefficient (Wildman–Crippen LogP) is 4.31. The van der Waals surface area contributed by atoms with Crippen LogP contribution in [-0.2, 0) is 11.0 Å². The lowest BCUT2D eigenvalue weighted by atomic mass is 9.90. The van der Waals surface area contributed by atoms with Gasteiger partial charge in [0.1, 0.15) is 17.3 Å². The largest absolute Gasteiger partial charge is 0.457 e. The zero-order valence-electron chi connectivity index (χ0n) is 13.4. The highest BCUT2D eigenvalue weighted by Gasteiger charge is 2.34. The molecule has 5 nitrogen and oxygen atoms in total. The number of pyridine rings is 1. The van der Waals surface area contributed by atoms with E-state index < -0.39 is 11.7 Å². The summed E-state index contributed by atoms with van der Waals surface area (Å²) in [5.74, 6) is 0.516. The van der Waals surface area contributed by atoms with Gasteiger partial charge in [0, 0.05) is 23.9 Å². The molecule has 1 aromatic carbocycles. The summed E-state index contributed by atoms with van der Waals surface area (Å²) >= 11 is 0. The second-order valence-corrected chi connectivity index (χ2v) is 5.78. The summed E-state index contributed by atoms with van der Waals surface area (Å²) < 4.78 is 44.7. The number of nitrogens with one attached hydrogen (secondary N) is 1. The third kappa shape index (κ3) is 3.38. The molecule has 2 aromatic rings. The number of nitrogens with two attached hydrogens (primary N) is 1. The number of anilines is 2. The number of rotatable bonds is 3. The number of ether oxygens (including phenoxy) is 1. The Bertz CT molecular complexity index is 821. The highest BCUT2D eigenvalue weighted by molar-refractivity contribution is 5.94. The Morgan fingerprint density at radius 3 is 2.80 bits per heavy atom. The third-order valence-corrected chi connectivity index (χ3v) is 4.10. The third-order valence-electron chi connectivity index (χ3n) is 4.10. The maximum atomic E-state index is 13.0. The van der Waals surface area contributed by atoms with E-state index in [1.54, 1.807) is 6.07 Å². The number of aromatic nitrogens is 1. The molecular weight excluding hydrogens is 335 g/mol. The number of carbonyl (C=O) groups is 1. The fourth-order valence-corrected chi connectivity index (χ4v) is 2.87. The molecule has 3 N–H and O–H groups in total. The smallest absolute Gasteiger partial charge is 0.418 e. The number of hydrogen-bond acceptors (Lipinski definition) is 4. The molecule has 1 aromatic heterocycles. The van der Waals surface area contributed by atoms with Gasteiger partial charge >= 0.3 is 6.18 Å². The highest BCUT2D eigenvalue weighted by Crippen LogP contribution is 2.42. The summed E-state index contributed by atoms with van der Waals surface area (Å²) in [5, 5.41) is 2.67. The molecule has 0 fully saturated rings. The minimum atomic E-state index is -4.57. The van der Waals surface area contributed by atoms with Crippen LogP contribution in [0.15, 0.2) is 30.5 Å². The SMILES string of the molecule is CCC1CC(=O)Nc2nccc(Oc3ccc(N)c(C(F)(F)F)c3)c21. The van der Waals surface area contributed by atoms with E-state index in [1.807, 2.05) is 6.92 Å². The fraction of sp³-hybridized carbons (Fsp3) is 0.294. The molecule has 0 saturated heterocycles. The molecule has 1 unspecified atom stereocenters. The van der Waals surface area contributed by atoms with Crippen molar-refractivity contribution in [3.05, 3.63) is 41.6 Å². The number of nitrogen functional groups attached to an aromatic ring is 1. The van der Waals surface area contributed by atoms with Crippen molar-refractivity contribution in [3.63, 3.8) is 0 Å². The number of nitrogens with zero attached hydrogens (tertiary/aromatic N) is 1. The molecule has 2 heterocycles. The topological polar surface area (TPSA) is 77.2 Å². The Kier molecular flexibility index (Phi) is 4.28. The van der Waals surface area contributed by atoms with Gasteiger partial charge in [0.25, 0.3) is 0 Å². The maximum absolute atomic E-state index is 13.0. The van der Waals surface area contributed by atoms with Crippen LogP contribution in [0.25, 0.3) is 0 Å². The van der Waals surface area contributed by atoms with Gasteiger partial charge in [0.2, 0.25) is 5.91 Å². The van der Waals surface area contributed by atoms with E-state index in [-0.39, 0.29) is 29.7 Å². The van der Waals surface area contributed by atoms with E-state index in [0.717, 1.165) is 12.1 Å². The minimum absolute atomic E-state index is 0.0154. The van der Waals surface area contributed by atoms with Gasteiger partial charge in [0.15, 0.2) is 0 Å². The Labute approximate surface area is 142 Å². The summed E-state index contributed by atoms with van der Waals surface area (Å²) in [7, 11) is 0. The van der Waals surface area contributed by atoms with Crippen LogP contribution in [0.1, 0.15) is 36.8 Å². The quantitative estimate of drug-likeness (QED) is 0.808. The molecule has 0 bridgehead atoms. The van der Waals surface area contributed by atoms with E-state index >= 15 is 0 Å². The van der Waals surface area contributed by atoms with Crippen LogP contribution in [0.4, 0.5) is 24.7 Å². The lowest BCUT2D eigenvalue weighted by Gasteiger charge is -2.26. The normalized spacial score (nSPS) is 17.0. The van der Waals surface area contributed by atoms with Gasteiger partial charge in [-0.05, 0) is 36.6 Å². The molecule has 0 saturated carbocycles. The van der Waals surface area contributed by atoms with Crippen LogP contribution < -0.4 is 15.8 Å². The number of fused-ring (bicyclic) bond motifs is 1. The first-order valence-corrected chi connectivity index (χ1v) is 7.73. The van der Waals surface area contributed by atoms with Gasteiger partial charge in [-0.25, -0.2) is 4.98 Å². The van der Waals surface area contributed by atoms with Crippen LogP contribution in [0.2, 0.25) is 0 Å². The number of benzene rings is 1. The molecule has 1 aliphatic rings. The molecule has 0 spiro atoms. The lowest BCUT2D eigenvalue weighted by molar-refractivity contribution is -0.137. The average molecular weight is 351 g/mol. The first-order valence-electron chi connectivity index (χ1n) is 7.73. The van der Waals surface area contributed by atoms with Gasteiger partial charge < -0.3 is 15.8 Å². The van der Waals surface area contributed by atoms with Crippen LogP contribution in [-0.4, -0.2) is 10.9 Å². The van der Waals surface area contributed by atoms with Crippen molar-refractivity contribution in [3.8, 4) is 11.5 Å². The number of alkyl halides is 3. The van der Waals surface area contributed by atoms with Crippen molar-refractivity contribution in [1.82, 2.24) is 4.98 Å². The predicted molar refractivity (Wildman–Crippen MR) is 86.4 cm³/mol. The van der Waals surface area contributed by atoms with E-state index in [1.165, 1.54) is 12.3 Å². The second-order valence-electron chi connectivity index (χ2n) is 5.78. The van der Waals surface area contributed by atoms with Gasteiger partial charge in [-0.2, -0.15) is 13.2 Å². The van der Waals surface area contributed by atoms with Crippen LogP contribution in [0, 0.1) is 0 Å². The summed E-state index contributed by atoms with van der Waals surface area (Å²) in [6.07, 6.45) is -2.17. The van der Waals surface area contributed by atoms with Gasteiger partial charge in [-0.3, -0.25) is 4.79 Å². The van der Waals surface area contributed by atoms with Crippen LogP contribution >= 0.6 is 0 Å². The van der Waals surface area contributed by atoms with Gasteiger partial charge in [-0.15, -0.1) is 0 Å². The average Bonchev–Trinajstić information content (AvgIpc) is 2.54.